The van der Waals surface area contributed by atoms with Crippen LogP contribution in [0.15, 0.2) is 55.1 Å². The largest absolute Gasteiger partial charge is 0.364 e. The highest BCUT2D eigenvalue weighted by atomic mass is 19.1. The van der Waals surface area contributed by atoms with Crippen LogP contribution in [0.3, 0.4) is 0 Å². The monoisotopic (exact) mass is 313 g/mol. The molecular weight excluding hydrogens is 297 g/mol. The fraction of sp³-hybridized carbons (Fsp3) is 0.176. The third-order valence-corrected chi connectivity index (χ3v) is 3.55. The van der Waals surface area contributed by atoms with Crippen LogP contribution in [0.5, 0.6) is 0 Å². The molecule has 0 unspecified atom stereocenters. The van der Waals surface area contributed by atoms with Crippen LogP contribution in [0.2, 0.25) is 0 Å². The van der Waals surface area contributed by atoms with Crippen molar-refractivity contribution in [2.24, 2.45) is 0 Å². The van der Waals surface area contributed by atoms with E-state index in [1.54, 1.807) is 30.6 Å². The van der Waals surface area contributed by atoms with Crippen molar-refractivity contribution in [2.75, 3.05) is 0 Å². The van der Waals surface area contributed by atoms with Gasteiger partial charge in [0.05, 0.1) is 12.0 Å². The third kappa shape index (κ3) is 3.80. The molecule has 2 aromatic heterocycles. The van der Waals surface area contributed by atoms with E-state index in [0.29, 0.717) is 23.5 Å². The minimum Gasteiger partial charge on any atom is -0.364 e. The molecule has 0 saturated carbocycles. The van der Waals surface area contributed by atoms with Gasteiger partial charge in [0.2, 0.25) is 0 Å². The molecule has 23 heavy (non-hydrogen) atoms. The Bertz CT molecular complexity index is 785. The highest BCUT2D eigenvalue weighted by molar-refractivity contribution is 5.53. The van der Waals surface area contributed by atoms with Crippen molar-refractivity contribution in [3.8, 4) is 11.4 Å². The van der Waals surface area contributed by atoms with Gasteiger partial charge in [-0.15, -0.1) is 0 Å². The van der Waals surface area contributed by atoms with E-state index in [9.17, 15) is 14.6 Å². The molecule has 1 aromatic carbocycles. The van der Waals surface area contributed by atoms with Crippen molar-refractivity contribution >= 4 is 0 Å². The highest BCUT2D eigenvalue weighted by Gasteiger charge is 2.08. The normalized spacial score (nSPS) is 11.1. The number of halogens is 1. The van der Waals surface area contributed by atoms with Gasteiger partial charge in [-0.25, -0.2) is 9.37 Å². The first-order chi connectivity index (χ1) is 11.1. The SMILES string of the molecule is OC(O)c1ccnc(-c2cn(CCc3ccc(F)cc3)cn2)c1. The van der Waals surface area contributed by atoms with Crippen LogP contribution < -0.4 is 0 Å². The number of benzene rings is 1. The van der Waals surface area contributed by atoms with E-state index in [4.69, 9.17) is 0 Å². The predicted molar refractivity (Wildman–Crippen MR) is 82.7 cm³/mol. The van der Waals surface area contributed by atoms with Crippen LogP contribution in [-0.2, 0) is 13.0 Å². The average molecular weight is 313 g/mol. The molecular formula is C17H16FN3O2. The number of hydrogen-bond donors (Lipinski definition) is 2. The third-order valence-electron chi connectivity index (χ3n) is 3.55. The molecule has 0 spiro atoms. The van der Waals surface area contributed by atoms with Gasteiger partial charge in [0.1, 0.15) is 11.5 Å². The lowest BCUT2D eigenvalue weighted by molar-refractivity contribution is -0.0425. The maximum atomic E-state index is 12.9. The van der Waals surface area contributed by atoms with Gasteiger partial charge in [-0.05, 0) is 36.2 Å². The maximum absolute atomic E-state index is 12.9. The first-order valence-electron chi connectivity index (χ1n) is 7.20. The molecule has 0 aliphatic rings. The topological polar surface area (TPSA) is 71.2 Å². The number of aryl methyl sites for hydroxylation is 2. The van der Waals surface area contributed by atoms with Crippen LogP contribution in [-0.4, -0.2) is 24.7 Å². The van der Waals surface area contributed by atoms with E-state index in [1.807, 2.05) is 10.8 Å². The molecule has 2 N–H and O–H groups in total. The quantitative estimate of drug-likeness (QED) is 0.709. The van der Waals surface area contributed by atoms with Gasteiger partial charge in [0.25, 0.3) is 0 Å². The molecule has 0 aliphatic carbocycles. The molecule has 0 amide bonds. The van der Waals surface area contributed by atoms with Crippen molar-refractivity contribution in [1.82, 2.24) is 14.5 Å². The van der Waals surface area contributed by atoms with E-state index in [-0.39, 0.29) is 5.82 Å². The molecule has 3 rings (SSSR count). The standard InChI is InChI=1S/C17H16FN3O2/c18-14-3-1-12(2-4-14)6-8-21-10-16(20-11-21)15-9-13(17(22)23)5-7-19-15/h1-5,7,9-11,17,22-23H,6,8H2. The summed E-state index contributed by atoms with van der Waals surface area (Å²) in [4.78, 5) is 8.48. The van der Waals surface area contributed by atoms with Crippen molar-refractivity contribution in [2.45, 2.75) is 19.3 Å². The lowest BCUT2D eigenvalue weighted by Gasteiger charge is -2.04. The first kappa shape index (κ1) is 15.3. The minimum atomic E-state index is -1.53. The Morgan fingerprint density at radius 2 is 1.83 bits per heavy atom. The first-order valence-corrected chi connectivity index (χ1v) is 7.20. The fourth-order valence-corrected chi connectivity index (χ4v) is 2.27. The van der Waals surface area contributed by atoms with Crippen LogP contribution in [0, 0.1) is 5.82 Å². The molecule has 0 atom stereocenters. The Balaban J connectivity index is 1.70. The van der Waals surface area contributed by atoms with E-state index >= 15 is 0 Å². The van der Waals surface area contributed by atoms with Crippen molar-refractivity contribution < 1.29 is 14.6 Å². The second kappa shape index (κ2) is 6.68. The molecule has 0 radical (unpaired) electrons. The molecule has 6 heteroatoms. The minimum absolute atomic E-state index is 0.240. The molecule has 2 heterocycles. The van der Waals surface area contributed by atoms with E-state index < -0.39 is 6.29 Å². The van der Waals surface area contributed by atoms with Crippen LogP contribution in [0.1, 0.15) is 17.4 Å². The van der Waals surface area contributed by atoms with Crippen LogP contribution in [0.4, 0.5) is 4.39 Å². The smallest absolute Gasteiger partial charge is 0.178 e. The number of nitrogens with zero attached hydrogens (tertiary/aromatic N) is 3. The van der Waals surface area contributed by atoms with Gasteiger partial charge in [0.15, 0.2) is 6.29 Å². The van der Waals surface area contributed by atoms with Gasteiger partial charge in [-0.3, -0.25) is 4.98 Å². The van der Waals surface area contributed by atoms with E-state index in [2.05, 4.69) is 9.97 Å². The zero-order valence-electron chi connectivity index (χ0n) is 12.3. The Morgan fingerprint density at radius 1 is 1.04 bits per heavy atom. The van der Waals surface area contributed by atoms with E-state index in [0.717, 1.165) is 12.0 Å². The van der Waals surface area contributed by atoms with Gasteiger partial charge in [0, 0.05) is 24.5 Å². The second-order valence-electron chi connectivity index (χ2n) is 5.22. The van der Waals surface area contributed by atoms with Crippen LogP contribution in [0.25, 0.3) is 11.4 Å². The highest BCUT2D eigenvalue weighted by Crippen LogP contribution is 2.18. The fourth-order valence-electron chi connectivity index (χ4n) is 2.27. The summed E-state index contributed by atoms with van der Waals surface area (Å²) in [5.41, 5.74) is 2.66. The number of aliphatic hydroxyl groups is 2. The zero-order chi connectivity index (χ0) is 16.2. The maximum Gasteiger partial charge on any atom is 0.178 e. The summed E-state index contributed by atoms with van der Waals surface area (Å²) < 4.78 is 14.8. The molecule has 5 nitrogen and oxygen atoms in total. The number of hydrogen-bond acceptors (Lipinski definition) is 4. The number of imidazole rings is 1. The van der Waals surface area contributed by atoms with E-state index in [1.165, 1.54) is 18.3 Å². The predicted octanol–water partition coefficient (Wildman–Crippen LogP) is 2.31. The number of aliphatic hydroxyl groups excluding tert-OH is 1. The molecule has 0 fully saturated rings. The summed E-state index contributed by atoms with van der Waals surface area (Å²) in [5, 5.41) is 18.4. The Labute approximate surface area is 132 Å². The summed E-state index contributed by atoms with van der Waals surface area (Å²) in [6.45, 7) is 0.709. The van der Waals surface area contributed by atoms with Crippen LogP contribution >= 0.6 is 0 Å². The summed E-state index contributed by atoms with van der Waals surface area (Å²) in [7, 11) is 0. The Kier molecular flexibility index (Phi) is 4.45. The zero-order valence-corrected chi connectivity index (χ0v) is 12.3. The number of aromatic nitrogens is 3. The average Bonchev–Trinajstić information content (AvgIpc) is 3.03. The van der Waals surface area contributed by atoms with Crippen molar-refractivity contribution in [3.05, 3.63) is 72.1 Å². The molecule has 0 bridgehead atoms. The summed E-state index contributed by atoms with van der Waals surface area (Å²) >= 11 is 0. The van der Waals surface area contributed by atoms with Crippen molar-refractivity contribution in [3.63, 3.8) is 0 Å². The van der Waals surface area contributed by atoms with Crippen molar-refractivity contribution in [1.29, 1.82) is 0 Å². The Hall–Kier alpha value is -2.57. The number of pyridine rings is 1. The van der Waals surface area contributed by atoms with Gasteiger partial charge in [-0.1, -0.05) is 12.1 Å². The number of rotatable bonds is 5. The summed E-state index contributed by atoms with van der Waals surface area (Å²) in [6, 6.07) is 9.56. The van der Waals surface area contributed by atoms with Gasteiger partial charge in [-0.2, -0.15) is 0 Å². The molecule has 118 valence electrons. The molecule has 0 saturated heterocycles. The molecule has 3 aromatic rings. The summed E-state index contributed by atoms with van der Waals surface area (Å²) in [6.07, 6.45) is 4.29. The lowest BCUT2D eigenvalue weighted by atomic mass is 10.1. The Morgan fingerprint density at radius 3 is 2.57 bits per heavy atom. The molecule has 0 aliphatic heterocycles. The summed E-state index contributed by atoms with van der Waals surface area (Å²) in [5.74, 6) is -0.240. The lowest BCUT2D eigenvalue weighted by Crippen LogP contribution is -1.98. The van der Waals surface area contributed by atoms with Gasteiger partial charge >= 0.3 is 0 Å². The van der Waals surface area contributed by atoms with Gasteiger partial charge < -0.3 is 14.8 Å². The second-order valence-corrected chi connectivity index (χ2v) is 5.22.